The first kappa shape index (κ1) is 25.1. The van der Waals surface area contributed by atoms with Gasteiger partial charge in [0.05, 0.1) is 10.5 Å². The summed E-state index contributed by atoms with van der Waals surface area (Å²) in [6.07, 6.45) is 4.80. The highest BCUT2D eigenvalue weighted by Gasteiger charge is 2.45. The van der Waals surface area contributed by atoms with Crippen LogP contribution in [0.4, 0.5) is 16.2 Å². The number of nitrogens with two attached hydrogens (primary N) is 2. The number of urea groups is 1. The van der Waals surface area contributed by atoms with Crippen LogP contribution in [0, 0.1) is 0 Å². The van der Waals surface area contributed by atoms with Crippen LogP contribution in [0.5, 0.6) is 0 Å². The molecule has 3 aromatic rings. The second-order valence-corrected chi connectivity index (χ2v) is 11.9. The molecule has 200 valence electrons. The number of amides is 2. The monoisotopic (exact) mass is 544 g/mol. The number of nitrogens with zero attached hydrogens (tertiary/aromatic N) is 1. The molecular weight excluding hydrogens is 516 g/mol. The van der Waals surface area contributed by atoms with Gasteiger partial charge in [-0.25, -0.2) is 23.1 Å². The van der Waals surface area contributed by atoms with Crippen molar-refractivity contribution in [1.82, 2.24) is 5.32 Å². The van der Waals surface area contributed by atoms with Crippen LogP contribution in [0.25, 0.3) is 11.1 Å². The number of esters is 1. The van der Waals surface area contributed by atoms with E-state index in [2.05, 4.69) is 17.5 Å². The van der Waals surface area contributed by atoms with Crippen molar-refractivity contribution in [1.29, 1.82) is 0 Å². The number of rotatable bonds is 3. The SMILES string of the molecule is Nc1ccc2c(c1)C(=O)OCC1=CC3(CCC1)CN(C(=O)NCc1ccc(S(N)(=O)=O)cc1)c1ccc-2cc13. The first-order chi connectivity index (χ1) is 18.6. The molecule has 10 heteroatoms. The van der Waals surface area contributed by atoms with Crippen molar-refractivity contribution in [2.45, 2.75) is 36.1 Å². The van der Waals surface area contributed by atoms with E-state index < -0.39 is 21.4 Å². The van der Waals surface area contributed by atoms with Crippen molar-refractivity contribution in [3.05, 3.63) is 89.0 Å². The summed E-state index contributed by atoms with van der Waals surface area (Å²) < 4.78 is 28.8. The van der Waals surface area contributed by atoms with Crippen LogP contribution in [0.15, 0.2) is 77.2 Å². The third-order valence-electron chi connectivity index (χ3n) is 7.77. The summed E-state index contributed by atoms with van der Waals surface area (Å²) in [5.41, 5.74) is 11.8. The van der Waals surface area contributed by atoms with Gasteiger partial charge in [-0.3, -0.25) is 4.90 Å². The molecule has 6 rings (SSSR count). The topological polar surface area (TPSA) is 145 Å². The molecule has 1 spiro atoms. The van der Waals surface area contributed by atoms with Gasteiger partial charge in [0.2, 0.25) is 10.0 Å². The number of nitrogen functional groups attached to an aromatic ring is 1. The largest absolute Gasteiger partial charge is 0.458 e. The zero-order valence-corrected chi connectivity index (χ0v) is 22.0. The minimum Gasteiger partial charge on any atom is -0.458 e. The third kappa shape index (κ3) is 4.55. The maximum Gasteiger partial charge on any atom is 0.339 e. The normalized spacial score (nSPS) is 19.9. The third-order valence-corrected chi connectivity index (χ3v) is 8.70. The number of nitrogens with one attached hydrogen (secondary N) is 1. The van der Waals surface area contributed by atoms with Gasteiger partial charge in [-0.05, 0) is 83.5 Å². The minimum atomic E-state index is -3.78. The van der Waals surface area contributed by atoms with Gasteiger partial charge in [-0.15, -0.1) is 0 Å². The fraction of sp³-hybridized carbons (Fsp3) is 0.241. The predicted octanol–water partition coefficient (Wildman–Crippen LogP) is 3.83. The summed E-state index contributed by atoms with van der Waals surface area (Å²) in [6.45, 7) is 0.890. The van der Waals surface area contributed by atoms with Crippen molar-refractivity contribution in [3.8, 4) is 11.1 Å². The molecule has 0 radical (unpaired) electrons. The molecule has 2 amide bonds. The Morgan fingerprint density at radius 2 is 1.85 bits per heavy atom. The number of benzene rings is 3. The zero-order chi connectivity index (χ0) is 27.4. The number of carbonyl (C=O) groups excluding carboxylic acids is 2. The fourth-order valence-electron chi connectivity index (χ4n) is 5.88. The van der Waals surface area contributed by atoms with Gasteiger partial charge >= 0.3 is 12.0 Å². The van der Waals surface area contributed by atoms with Crippen LogP contribution >= 0.6 is 0 Å². The summed E-state index contributed by atoms with van der Waals surface area (Å²) in [5.74, 6) is -0.406. The summed E-state index contributed by atoms with van der Waals surface area (Å²) in [5, 5.41) is 8.15. The van der Waals surface area contributed by atoms with E-state index in [-0.39, 0.29) is 24.1 Å². The number of anilines is 2. The number of ether oxygens (including phenoxy) is 1. The number of hydrogen-bond donors (Lipinski definition) is 3. The van der Waals surface area contributed by atoms with E-state index >= 15 is 0 Å². The lowest BCUT2D eigenvalue weighted by atomic mass is 9.72. The van der Waals surface area contributed by atoms with Crippen LogP contribution in [0.2, 0.25) is 0 Å². The van der Waals surface area contributed by atoms with Crippen molar-refractivity contribution in [2.75, 3.05) is 23.8 Å². The summed E-state index contributed by atoms with van der Waals surface area (Å²) in [4.78, 5) is 28.3. The van der Waals surface area contributed by atoms with Crippen molar-refractivity contribution >= 4 is 33.4 Å². The van der Waals surface area contributed by atoms with Crippen LogP contribution in [-0.4, -0.2) is 33.6 Å². The molecule has 39 heavy (non-hydrogen) atoms. The summed E-state index contributed by atoms with van der Waals surface area (Å²) in [7, 11) is -3.78. The van der Waals surface area contributed by atoms with Gasteiger partial charge in [0, 0.05) is 29.9 Å². The molecule has 2 heterocycles. The molecule has 1 aliphatic carbocycles. The van der Waals surface area contributed by atoms with Gasteiger partial charge in [-0.2, -0.15) is 0 Å². The Labute approximate surface area is 226 Å². The Balaban J connectivity index is 1.35. The van der Waals surface area contributed by atoms with E-state index in [0.29, 0.717) is 17.8 Å². The number of primary sulfonamides is 1. The number of sulfonamides is 1. The zero-order valence-electron chi connectivity index (χ0n) is 21.1. The molecule has 3 aromatic carbocycles. The average molecular weight is 545 g/mol. The van der Waals surface area contributed by atoms with E-state index in [1.807, 2.05) is 18.2 Å². The standard InChI is InChI=1S/C29H28N4O5S/c30-21-6-9-23-20-5-10-26-25(12-20)29(11-1-2-19(14-29)16-38-27(34)24(23)13-21)17-33(26)28(35)32-15-18-3-7-22(8-4-18)39(31,36)37/h3-10,12-14H,1-2,11,15-17,30H2,(H,32,35)(H2,31,36,37). The molecule has 4 bridgehead atoms. The molecule has 2 aliphatic heterocycles. The molecule has 1 atom stereocenters. The van der Waals surface area contributed by atoms with Gasteiger partial charge in [0.15, 0.2) is 0 Å². The van der Waals surface area contributed by atoms with Crippen molar-refractivity contribution in [2.24, 2.45) is 5.14 Å². The lowest BCUT2D eigenvalue weighted by Crippen LogP contribution is -2.42. The number of hydrogen-bond acceptors (Lipinski definition) is 6. The molecule has 0 saturated heterocycles. The van der Waals surface area contributed by atoms with E-state index in [4.69, 9.17) is 15.6 Å². The molecule has 0 saturated carbocycles. The molecule has 0 fully saturated rings. The van der Waals surface area contributed by atoms with Crippen molar-refractivity contribution < 1.29 is 22.7 Å². The van der Waals surface area contributed by atoms with E-state index in [1.54, 1.807) is 29.2 Å². The molecule has 1 unspecified atom stereocenters. The maximum atomic E-state index is 13.5. The highest BCUT2D eigenvalue weighted by molar-refractivity contribution is 7.89. The maximum absolute atomic E-state index is 13.5. The average Bonchev–Trinajstić information content (AvgIpc) is 3.22. The van der Waals surface area contributed by atoms with E-state index in [0.717, 1.165) is 52.8 Å². The molecule has 0 aromatic heterocycles. The fourth-order valence-corrected chi connectivity index (χ4v) is 6.39. The van der Waals surface area contributed by atoms with Crippen LogP contribution in [-0.2, 0) is 26.7 Å². The van der Waals surface area contributed by atoms with Gasteiger partial charge < -0.3 is 15.8 Å². The summed E-state index contributed by atoms with van der Waals surface area (Å²) in [6, 6.07) is 17.1. The lowest BCUT2D eigenvalue weighted by Gasteiger charge is -2.32. The first-order valence-corrected chi connectivity index (χ1v) is 14.3. The van der Waals surface area contributed by atoms with Crippen LogP contribution in [0.1, 0.15) is 40.7 Å². The Bertz CT molecular complexity index is 1650. The Kier molecular flexibility index (Phi) is 5.96. The minimum absolute atomic E-state index is 0.0202. The van der Waals surface area contributed by atoms with E-state index in [1.165, 1.54) is 12.1 Å². The van der Waals surface area contributed by atoms with Gasteiger partial charge in [0.1, 0.15) is 6.61 Å². The van der Waals surface area contributed by atoms with Crippen LogP contribution in [0.3, 0.4) is 0 Å². The second kappa shape index (κ2) is 9.25. The van der Waals surface area contributed by atoms with Crippen LogP contribution < -0.4 is 21.1 Å². The first-order valence-electron chi connectivity index (χ1n) is 12.7. The smallest absolute Gasteiger partial charge is 0.339 e. The molecular formula is C29H28N4O5S. The number of carbonyl (C=O) groups is 2. The van der Waals surface area contributed by atoms with Gasteiger partial charge in [-0.1, -0.05) is 30.3 Å². The Morgan fingerprint density at radius 3 is 2.62 bits per heavy atom. The molecule has 3 aliphatic rings. The number of cyclic esters (lactones) is 1. The lowest BCUT2D eigenvalue weighted by molar-refractivity contribution is 0.0536. The predicted molar refractivity (Wildman–Crippen MR) is 148 cm³/mol. The second-order valence-electron chi connectivity index (χ2n) is 10.4. The van der Waals surface area contributed by atoms with Gasteiger partial charge in [0.25, 0.3) is 0 Å². The Morgan fingerprint density at radius 1 is 1.05 bits per heavy atom. The quantitative estimate of drug-likeness (QED) is 0.260. The highest BCUT2D eigenvalue weighted by Crippen LogP contribution is 2.49. The molecule has 5 N–H and O–H groups in total. The summed E-state index contributed by atoms with van der Waals surface area (Å²) >= 11 is 0. The molecule has 9 nitrogen and oxygen atoms in total. The van der Waals surface area contributed by atoms with E-state index in [9.17, 15) is 18.0 Å². The highest BCUT2D eigenvalue weighted by atomic mass is 32.2. The van der Waals surface area contributed by atoms with Crippen molar-refractivity contribution in [3.63, 3.8) is 0 Å². The number of fused-ring (bicyclic) bond motifs is 3. The Hall–Kier alpha value is -4.15.